The average Bonchev–Trinajstić information content (AvgIpc) is 3.06. The Morgan fingerprint density at radius 3 is 2.74 bits per heavy atom. The Labute approximate surface area is 116 Å². The lowest BCUT2D eigenvalue weighted by atomic mass is 10.3. The lowest BCUT2D eigenvalue weighted by molar-refractivity contribution is 1.01. The number of para-hydroxylation sites is 1. The Morgan fingerprint density at radius 1 is 1.16 bits per heavy atom. The molecular weight excluding hydrogens is 254 g/mol. The van der Waals surface area contributed by atoms with Crippen molar-refractivity contribution < 1.29 is 0 Å². The van der Waals surface area contributed by atoms with Crippen LogP contribution < -0.4 is 5.32 Å². The molecule has 3 nitrogen and oxygen atoms in total. The number of anilines is 1. The Balaban J connectivity index is 1.85. The van der Waals surface area contributed by atoms with Crippen LogP contribution in [0.5, 0.6) is 0 Å². The first-order valence-electron chi connectivity index (χ1n) is 6.20. The fourth-order valence-electron chi connectivity index (χ4n) is 1.99. The van der Waals surface area contributed by atoms with E-state index in [1.165, 1.54) is 4.88 Å². The van der Waals surface area contributed by atoms with Crippen LogP contribution in [0.25, 0.3) is 5.69 Å². The minimum atomic E-state index is 0.807. The summed E-state index contributed by atoms with van der Waals surface area (Å²) in [5.74, 6) is 0.886. The van der Waals surface area contributed by atoms with Gasteiger partial charge in [0.25, 0.3) is 0 Å². The number of aryl methyl sites for hydroxylation is 1. The number of hydrogen-bond donors (Lipinski definition) is 1. The van der Waals surface area contributed by atoms with Gasteiger partial charge in [-0.15, -0.1) is 11.3 Å². The van der Waals surface area contributed by atoms with Crippen LogP contribution in [0.3, 0.4) is 0 Å². The molecule has 0 fully saturated rings. The van der Waals surface area contributed by atoms with Crippen LogP contribution in [0.15, 0.2) is 54.0 Å². The molecule has 4 heteroatoms. The monoisotopic (exact) mass is 269 g/mol. The summed E-state index contributed by atoms with van der Waals surface area (Å²) in [6.45, 7) is 2.82. The zero-order valence-electron chi connectivity index (χ0n) is 10.7. The summed E-state index contributed by atoms with van der Waals surface area (Å²) >= 11 is 1.75. The Bertz CT molecular complexity index is 641. The molecule has 0 atom stereocenters. The Morgan fingerprint density at radius 2 is 2.00 bits per heavy atom. The lowest BCUT2D eigenvalue weighted by Crippen LogP contribution is -2.04. The van der Waals surface area contributed by atoms with Crippen molar-refractivity contribution in [3.63, 3.8) is 0 Å². The van der Waals surface area contributed by atoms with E-state index < -0.39 is 0 Å². The molecular formula is C15H15N3S. The smallest absolute Gasteiger partial charge is 0.208 e. The average molecular weight is 269 g/mol. The molecule has 19 heavy (non-hydrogen) atoms. The van der Waals surface area contributed by atoms with Crippen LogP contribution in [-0.2, 0) is 6.54 Å². The highest BCUT2D eigenvalue weighted by molar-refractivity contribution is 7.09. The number of benzene rings is 1. The molecule has 0 radical (unpaired) electrons. The van der Waals surface area contributed by atoms with Crippen LogP contribution >= 0.6 is 11.3 Å². The second kappa shape index (κ2) is 5.28. The van der Waals surface area contributed by atoms with Gasteiger partial charge in [-0.25, -0.2) is 4.98 Å². The van der Waals surface area contributed by atoms with Crippen molar-refractivity contribution in [2.75, 3.05) is 5.32 Å². The Kier molecular flexibility index (Phi) is 3.33. The fraction of sp³-hybridized carbons (Fsp3) is 0.133. The molecule has 0 bridgehead atoms. The topological polar surface area (TPSA) is 29.9 Å². The van der Waals surface area contributed by atoms with Crippen molar-refractivity contribution in [2.45, 2.75) is 13.5 Å². The Hall–Kier alpha value is -2.07. The van der Waals surface area contributed by atoms with Crippen LogP contribution in [-0.4, -0.2) is 9.55 Å². The number of hydrogen-bond acceptors (Lipinski definition) is 3. The van der Waals surface area contributed by atoms with E-state index in [0.29, 0.717) is 0 Å². The fourth-order valence-corrected chi connectivity index (χ4v) is 2.63. The van der Waals surface area contributed by atoms with E-state index in [2.05, 4.69) is 44.5 Å². The molecule has 0 saturated heterocycles. The van der Waals surface area contributed by atoms with Crippen LogP contribution in [0.4, 0.5) is 5.95 Å². The summed E-state index contributed by atoms with van der Waals surface area (Å²) in [5, 5.41) is 5.49. The summed E-state index contributed by atoms with van der Waals surface area (Å²) < 4.78 is 2.09. The van der Waals surface area contributed by atoms with Gasteiger partial charge in [0.15, 0.2) is 0 Å². The number of aromatic nitrogens is 2. The van der Waals surface area contributed by atoms with Gasteiger partial charge < -0.3 is 5.32 Å². The third-order valence-electron chi connectivity index (χ3n) is 2.86. The highest BCUT2D eigenvalue weighted by Gasteiger charge is 2.07. The molecule has 2 heterocycles. The van der Waals surface area contributed by atoms with Crippen molar-refractivity contribution in [1.82, 2.24) is 9.55 Å². The van der Waals surface area contributed by atoms with Crippen molar-refractivity contribution >= 4 is 17.3 Å². The minimum Gasteiger partial charge on any atom is -0.350 e. The quantitative estimate of drug-likeness (QED) is 0.779. The first-order chi connectivity index (χ1) is 9.33. The maximum atomic E-state index is 4.54. The summed E-state index contributed by atoms with van der Waals surface area (Å²) in [4.78, 5) is 5.85. The third-order valence-corrected chi connectivity index (χ3v) is 3.74. The second-order valence-electron chi connectivity index (χ2n) is 4.34. The number of imidazole rings is 1. The molecule has 1 aromatic carbocycles. The molecule has 3 aromatic rings. The molecule has 0 spiro atoms. The van der Waals surface area contributed by atoms with E-state index in [9.17, 15) is 0 Å². The molecule has 2 aromatic heterocycles. The summed E-state index contributed by atoms with van der Waals surface area (Å²) in [6, 6.07) is 14.4. The highest BCUT2D eigenvalue weighted by atomic mass is 32.1. The van der Waals surface area contributed by atoms with Gasteiger partial charge >= 0.3 is 0 Å². The number of thiophene rings is 1. The van der Waals surface area contributed by atoms with Gasteiger partial charge in [-0.1, -0.05) is 24.3 Å². The third kappa shape index (κ3) is 2.69. The maximum Gasteiger partial charge on any atom is 0.208 e. The highest BCUT2D eigenvalue weighted by Crippen LogP contribution is 2.18. The largest absolute Gasteiger partial charge is 0.350 e. The van der Waals surface area contributed by atoms with Crippen molar-refractivity contribution in [3.8, 4) is 5.69 Å². The van der Waals surface area contributed by atoms with Gasteiger partial charge in [-0.3, -0.25) is 4.57 Å². The van der Waals surface area contributed by atoms with Gasteiger partial charge in [-0.05, 0) is 30.5 Å². The molecule has 0 saturated carbocycles. The molecule has 0 unspecified atom stereocenters. The standard InChI is InChI=1S/C15H15N3S/c1-12-11-18(13-6-3-2-4-7-13)15(17-12)16-10-14-8-5-9-19-14/h2-9,11H,10H2,1H3,(H,16,17). The molecule has 0 amide bonds. The predicted molar refractivity (Wildman–Crippen MR) is 79.9 cm³/mol. The number of nitrogens with one attached hydrogen (secondary N) is 1. The van der Waals surface area contributed by atoms with Gasteiger partial charge in [0.05, 0.1) is 12.2 Å². The van der Waals surface area contributed by atoms with E-state index in [1.54, 1.807) is 11.3 Å². The first kappa shape index (κ1) is 12.0. The zero-order chi connectivity index (χ0) is 13.1. The molecule has 96 valence electrons. The van der Waals surface area contributed by atoms with Crippen molar-refractivity contribution in [1.29, 1.82) is 0 Å². The van der Waals surface area contributed by atoms with Crippen molar-refractivity contribution in [2.24, 2.45) is 0 Å². The van der Waals surface area contributed by atoms with E-state index >= 15 is 0 Å². The van der Waals surface area contributed by atoms with E-state index in [0.717, 1.165) is 23.9 Å². The number of nitrogens with zero attached hydrogens (tertiary/aromatic N) is 2. The summed E-state index contributed by atoms with van der Waals surface area (Å²) in [5.41, 5.74) is 2.13. The van der Waals surface area contributed by atoms with Crippen LogP contribution in [0, 0.1) is 6.92 Å². The second-order valence-corrected chi connectivity index (χ2v) is 5.38. The molecule has 3 rings (SSSR count). The molecule has 1 N–H and O–H groups in total. The summed E-state index contributed by atoms with van der Waals surface area (Å²) in [7, 11) is 0. The first-order valence-corrected chi connectivity index (χ1v) is 7.08. The van der Waals surface area contributed by atoms with Crippen LogP contribution in [0.1, 0.15) is 10.6 Å². The molecule has 0 aliphatic carbocycles. The predicted octanol–water partition coefficient (Wildman–Crippen LogP) is 3.85. The van der Waals surface area contributed by atoms with Crippen LogP contribution in [0.2, 0.25) is 0 Å². The summed E-state index contributed by atoms with van der Waals surface area (Å²) in [6.07, 6.45) is 2.05. The minimum absolute atomic E-state index is 0.807. The van der Waals surface area contributed by atoms with Crippen molar-refractivity contribution in [3.05, 3.63) is 64.6 Å². The van der Waals surface area contributed by atoms with E-state index in [4.69, 9.17) is 0 Å². The van der Waals surface area contributed by atoms with Gasteiger partial charge in [0.1, 0.15) is 0 Å². The molecule has 0 aliphatic heterocycles. The SMILES string of the molecule is Cc1cn(-c2ccccc2)c(NCc2cccs2)n1. The maximum absolute atomic E-state index is 4.54. The van der Waals surface area contributed by atoms with E-state index in [-0.39, 0.29) is 0 Å². The normalized spacial score (nSPS) is 10.6. The van der Waals surface area contributed by atoms with Gasteiger partial charge in [0.2, 0.25) is 5.95 Å². The zero-order valence-corrected chi connectivity index (χ0v) is 11.5. The number of rotatable bonds is 4. The lowest BCUT2D eigenvalue weighted by Gasteiger charge is -2.08. The van der Waals surface area contributed by atoms with E-state index in [1.807, 2.05) is 31.3 Å². The van der Waals surface area contributed by atoms with Gasteiger partial charge in [-0.2, -0.15) is 0 Å². The molecule has 0 aliphatic rings. The van der Waals surface area contributed by atoms with Gasteiger partial charge in [0, 0.05) is 16.8 Å².